The number of carbonyl (C=O) groups excluding carboxylic acids is 1. The molecule has 1 aromatic heterocycles. The Balaban J connectivity index is 0.000000717. The summed E-state index contributed by atoms with van der Waals surface area (Å²) in [6.07, 6.45) is -8.10. The number of phenolic OH excluding ortho intramolecular Hbond substituents is 1. The van der Waals surface area contributed by atoms with Crippen molar-refractivity contribution in [1.82, 2.24) is 14.8 Å². The van der Waals surface area contributed by atoms with E-state index in [2.05, 4.69) is 59.8 Å². The Morgan fingerprint density at radius 1 is 0.796 bits per heavy atom. The molecule has 1 heterocycles. The molecule has 1 amide bonds. The molecule has 0 radical (unpaired) electrons. The fourth-order valence-corrected chi connectivity index (χ4v) is 5.21. The molecule has 0 atom stereocenters. The molecule has 11 nitrogen and oxygen atoms in total. The number of phenols is 1. The average molecular weight is 727 g/mol. The van der Waals surface area contributed by atoms with Crippen molar-refractivity contribution in [3.63, 3.8) is 0 Å². The molecule has 0 spiro atoms. The predicted molar refractivity (Wildman–Crippen MR) is 171 cm³/mol. The molecule has 3 rings (SSSR count). The van der Waals surface area contributed by atoms with Gasteiger partial charge in [0.2, 0.25) is 5.91 Å². The number of H-pyrrole nitrogens is 1. The van der Waals surface area contributed by atoms with Crippen LogP contribution in [0.15, 0.2) is 47.3 Å². The number of carboxylic acid groups (broad SMARTS) is 2. The summed E-state index contributed by atoms with van der Waals surface area (Å²) < 4.78 is 64.3. The predicted octanol–water partition coefficient (Wildman–Crippen LogP) is 4.87. The summed E-state index contributed by atoms with van der Waals surface area (Å²) in [5.41, 5.74) is 8.44. The van der Waals surface area contributed by atoms with Crippen molar-refractivity contribution in [2.24, 2.45) is 11.1 Å². The number of nitrogens with zero attached hydrogens (tertiary/aromatic N) is 2. The number of nitrogens with two attached hydrogens (primary N) is 1. The zero-order valence-corrected chi connectivity index (χ0v) is 27.8. The molecule has 18 heteroatoms. The molecule has 0 aliphatic heterocycles. The molecule has 2 aromatic carbocycles. The number of rotatable bonds is 13. The van der Waals surface area contributed by atoms with Gasteiger partial charge in [0.15, 0.2) is 0 Å². The Kier molecular flexibility index (Phi) is 16.7. The molecule has 0 saturated heterocycles. The molecule has 0 fully saturated rings. The lowest BCUT2D eigenvalue weighted by Crippen LogP contribution is -2.41. The topological polar surface area (TPSA) is 177 Å². The summed E-state index contributed by atoms with van der Waals surface area (Å²) in [7, 11) is 0. The van der Waals surface area contributed by atoms with Gasteiger partial charge in [-0.25, -0.2) is 9.59 Å². The number of fused-ring (bicyclic) bond motifs is 1. The van der Waals surface area contributed by atoms with Crippen LogP contribution >= 0.6 is 11.3 Å². The van der Waals surface area contributed by atoms with E-state index < -0.39 is 24.3 Å². The van der Waals surface area contributed by atoms with Gasteiger partial charge in [-0.05, 0) is 35.4 Å². The molecule has 0 saturated carbocycles. The first-order valence-electron chi connectivity index (χ1n) is 14.7. The number of aliphatic carboxylic acids is 2. The standard InChI is InChI=1S/C27H38N4O3S.2C2HF3O2/c1-27(2,3)19-31(15-12-21-9-10-22(32)24-25(21)35-26(34)29-24)18-17-30(16-13-23(28)33)14-11-20-7-5-4-6-8-20;2*3-2(4,5)1(6)7/h4-10,32H,11-19H2,1-3H3,(H2,28,33)(H,29,34);2*(H,6,7). The number of amides is 1. The first kappa shape index (κ1) is 42.9. The second-order valence-electron chi connectivity index (χ2n) is 11.9. The van der Waals surface area contributed by atoms with Crippen LogP contribution in [0.5, 0.6) is 5.75 Å². The van der Waals surface area contributed by atoms with E-state index in [1.165, 1.54) is 5.56 Å². The van der Waals surface area contributed by atoms with Gasteiger partial charge in [0.25, 0.3) is 0 Å². The molecule has 3 aromatic rings. The van der Waals surface area contributed by atoms with Gasteiger partial charge in [-0.3, -0.25) is 9.59 Å². The van der Waals surface area contributed by atoms with Crippen LogP contribution in [0.2, 0.25) is 0 Å². The van der Waals surface area contributed by atoms with Crippen molar-refractivity contribution >= 4 is 39.4 Å². The van der Waals surface area contributed by atoms with Gasteiger partial charge < -0.3 is 35.8 Å². The largest absolute Gasteiger partial charge is 0.506 e. The molecular formula is C31H40F6N4O7S. The number of halogens is 6. The maximum absolute atomic E-state index is 11.9. The van der Waals surface area contributed by atoms with Crippen LogP contribution in [0.4, 0.5) is 26.3 Å². The van der Waals surface area contributed by atoms with Gasteiger partial charge in [0.1, 0.15) is 11.3 Å². The lowest BCUT2D eigenvalue weighted by Gasteiger charge is -2.32. The molecule has 0 unspecified atom stereocenters. The van der Waals surface area contributed by atoms with Crippen LogP contribution in [0.3, 0.4) is 0 Å². The third-order valence-corrected chi connectivity index (χ3v) is 7.44. The third-order valence-electron chi connectivity index (χ3n) is 6.49. The summed E-state index contributed by atoms with van der Waals surface area (Å²) >= 11 is 1.15. The van der Waals surface area contributed by atoms with Crippen LogP contribution in [0.1, 0.15) is 38.3 Å². The molecule has 0 bridgehead atoms. The van der Waals surface area contributed by atoms with E-state index in [1.54, 1.807) is 6.07 Å². The van der Waals surface area contributed by atoms with Crippen LogP contribution in [-0.2, 0) is 27.2 Å². The number of thiazole rings is 1. The van der Waals surface area contributed by atoms with E-state index in [-0.39, 0.29) is 21.9 Å². The number of aromatic nitrogens is 1. The Hall–Kier alpha value is -4.16. The Bertz CT molecular complexity index is 1530. The third kappa shape index (κ3) is 17.7. The molecule has 274 valence electrons. The zero-order valence-electron chi connectivity index (χ0n) is 27.0. The number of hydrogen-bond donors (Lipinski definition) is 5. The molecule has 49 heavy (non-hydrogen) atoms. The fraction of sp³-hybridized carbons (Fsp3) is 0.484. The lowest BCUT2D eigenvalue weighted by molar-refractivity contribution is -0.193. The minimum Gasteiger partial charge on any atom is -0.506 e. The maximum atomic E-state index is 11.9. The van der Waals surface area contributed by atoms with E-state index in [0.717, 1.165) is 67.2 Å². The van der Waals surface area contributed by atoms with E-state index in [9.17, 15) is 41.0 Å². The minimum absolute atomic E-state index is 0.108. The summed E-state index contributed by atoms with van der Waals surface area (Å²) in [5.74, 6) is -5.68. The average Bonchev–Trinajstić information content (AvgIpc) is 3.38. The van der Waals surface area contributed by atoms with Gasteiger partial charge in [-0.2, -0.15) is 26.3 Å². The summed E-state index contributed by atoms with van der Waals surface area (Å²) in [4.78, 5) is 48.5. The number of nitrogens with one attached hydrogen (secondary N) is 1. The van der Waals surface area contributed by atoms with Gasteiger partial charge in [-0.1, -0.05) is 68.5 Å². The highest BCUT2D eigenvalue weighted by molar-refractivity contribution is 7.16. The highest BCUT2D eigenvalue weighted by Crippen LogP contribution is 2.28. The van der Waals surface area contributed by atoms with Crippen molar-refractivity contribution in [3.05, 3.63) is 63.3 Å². The summed E-state index contributed by atoms with van der Waals surface area (Å²) in [6.45, 7) is 11.7. The van der Waals surface area contributed by atoms with E-state index in [0.29, 0.717) is 18.5 Å². The van der Waals surface area contributed by atoms with Crippen molar-refractivity contribution in [2.45, 2.75) is 52.4 Å². The molecular weight excluding hydrogens is 686 g/mol. The number of hydrogen-bond acceptors (Lipinski definition) is 8. The first-order chi connectivity index (χ1) is 22.5. The Morgan fingerprint density at radius 3 is 1.80 bits per heavy atom. The fourth-order valence-electron chi connectivity index (χ4n) is 4.31. The Morgan fingerprint density at radius 2 is 1.31 bits per heavy atom. The zero-order chi connectivity index (χ0) is 37.6. The number of primary amides is 1. The van der Waals surface area contributed by atoms with Gasteiger partial charge in [0, 0.05) is 45.7 Å². The van der Waals surface area contributed by atoms with E-state index in [4.69, 9.17) is 25.5 Å². The molecule has 0 aliphatic carbocycles. The number of alkyl halides is 6. The van der Waals surface area contributed by atoms with E-state index >= 15 is 0 Å². The van der Waals surface area contributed by atoms with Crippen LogP contribution in [0.25, 0.3) is 10.2 Å². The second-order valence-corrected chi connectivity index (χ2v) is 12.9. The second kappa shape index (κ2) is 19.1. The lowest BCUT2D eigenvalue weighted by atomic mass is 9.95. The van der Waals surface area contributed by atoms with Crippen LogP contribution in [0, 0.1) is 5.41 Å². The smallest absolute Gasteiger partial charge is 0.490 e. The van der Waals surface area contributed by atoms with Gasteiger partial charge in [-0.15, -0.1) is 0 Å². The monoisotopic (exact) mass is 726 g/mol. The molecule has 6 N–H and O–H groups in total. The molecule has 0 aliphatic rings. The van der Waals surface area contributed by atoms with E-state index in [1.807, 2.05) is 12.1 Å². The number of carboxylic acids is 2. The maximum Gasteiger partial charge on any atom is 0.490 e. The SMILES string of the molecule is CC(C)(C)CN(CCc1ccc(O)c2[nH]c(=O)sc12)CCN(CCC(N)=O)CCc1ccccc1.O=C(O)C(F)(F)F.O=C(O)C(F)(F)F. The Labute approximate surface area is 281 Å². The number of aromatic amines is 1. The minimum atomic E-state index is -5.08. The van der Waals surface area contributed by atoms with Gasteiger partial charge in [0.05, 0.1) is 4.70 Å². The van der Waals surface area contributed by atoms with Crippen molar-refractivity contribution in [2.75, 3.05) is 39.3 Å². The van der Waals surface area contributed by atoms with Crippen molar-refractivity contribution in [3.8, 4) is 5.75 Å². The van der Waals surface area contributed by atoms with Crippen molar-refractivity contribution in [1.29, 1.82) is 0 Å². The van der Waals surface area contributed by atoms with Crippen molar-refractivity contribution < 1.29 is 56.0 Å². The number of aromatic hydroxyl groups is 1. The number of benzene rings is 2. The summed E-state index contributed by atoms with van der Waals surface area (Å²) in [5, 5.41) is 24.3. The van der Waals surface area contributed by atoms with Crippen LogP contribution < -0.4 is 10.6 Å². The van der Waals surface area contributed by atoms with Crippen LogP contribution in [-0.4, -0.2) is 99.6 Å². The summed E-state index contributed by atoms with van der Waals surface area (Å²) in [6, 6.07) is 14.0. The quantitative estimate of drug-likeness (QED) is 0.154. The normalized spacial score (nSPS) is 11.9. The number of carbonyl (C=O) groups is 3. The van der Waals surface area contributed by atoms with Gasteiger partial charge >= 0.3 is 29.2 Å². The highest BCUT2D eigenvalue weighted by atomic mass is 32.1. The first-order valence-corrected chi connectivity index (χ1v) is 15.5. The highest BCUT2D eigenvalue weighted by Gasteiger charge is 2.38.